The second-order valence-corrected chi connectivity index (χ2v) is 7.93. The molecule has 1 heterocycles. The van der Waals surface area contributed by atoms with Gasteiger partial charge in [0.15, 0.2) is 4.32 Å². The third kappa shape index (κ3) is 4.09. The number of carbonyl (C=O) groups excluding carboxylic acids is 1. The average Bonchev–Trinajstić information content (AvgIpc) is 2.85. The highest BCUT2D eigenvalue weighted by atomic mass is 35.5. The van der Waals surface area contributed by atoms with Crippen molar-refractivity contribution in [3.8, 4) is 5.75 Å². The van der Waals surface area contributed by atoms with Crippen LogP contribution in [0.3, 0.4) is 0 Å². The van der Waals surface area contributed by atoms with E-state index >= 15 is 0 Å². The number of nitrogens with zero attached hydrogens (tertiary/aromatic N) is 1. The molecule has 2 aromatic rings. The number of halogens is 2. The fraction of sp³-hybridized carbons (Fsp3) is 0.158. The first-order valence-corrected chi connectivity index (χ1v) is 9.45. The summed E-state index contributed by atoms with van der Waals surface area (Å²) in [5.74, 6) is -0.0315. The van der Waals surface area contributed by atoms with Crippen LogP contribution in [-0.4, -0.2) is 16.3 Å². The zero-order valence-corrected chi connectivity index (χ0v) is 16.4. The van der Waals surface area contributed by atoms with Gasteiger partial charge in [-0.1, -0.05) is 47.7 Å². The predicted octanol–water partition coefficient (Wildman–Crippen LogP) is 5.67. The summed E-state index contributed by atoms with van der Waals surface area (Å²) >= 11 is 12.3. The topological polar surface area (TPSA) is 29.5 Å². The second-order valence-electron chi connectivity index (χ2n) is 5.85. The number of carbonyl (C=O) groups is 1. The van der Waals surface area contributed by atoms with Gasteiger partial charge in [0.1, 0.15) is 11.6 Å². The molecule has 0 aromatic heterocycles. The Morgan fingerprint density at radius 1 is 1.23 bits per heavy atom. The van der Waals surface area contributed by atoms with Crippen molar-refractivity contribution in [1.29, 1.82) is 0 Å². The number of thioether (sulfide) groups is 1. The summed E-state index contributed by atoms with van der Waals surface area (Å²) in [5, 5.41) is -0.0544. The standard InChI is InChI=1S/C19H15ClFNO2S2/c1-11(2)24-14-6-3-12(4-7-14)9-17-18(23)22(19(25)26-17)13-5-8-16(21)15(20)10-13/h3-11H,1-2H3/b17-9-. The first-order chi connectivity index (χ1) is 12.3. The SMILES string of the molecule is CC(C)Oc1ccc(/C=C2\SC(=S)N(c3ccc(F)c(Cl)c3)C2=O)cc1. The minimum Gasteiger partial charge on any atom is -0.491 e. The van der Waals surface area contributed by atoms with Crippen molar-refractivity contribution < 1.29 is 13.9 Å². The van der Waals surface area contributed by atoms with Crippen LogP contribution in [0.15, 0.2) is 47.4 Å². The van der Waals surface area contributed by atoms with E-state index in [0.29, 0.717) is 14.9 Å². The molecule has 0 bridgehead atoms. The number of hydrogen-bond donors (Lipinski definition) is 0. The Morgan fingerprint density at radius 2 is 1.92 bits per heavy atom. The quantitative estimate of drug-likeness (QED) is 0.482. The Bertz CT molecular complexity index is 897. The Labute approximate surface area is 165 Å². The Morgan fingerprint density at radius 3 is 2.54 bits per heavy atom. The van der Waals surface area contributed by atoms with Crippen molar-refractivity contribution >= 4 is 57.6 Å². The lowest BCUT2D eigenvalue weighted by Crippen LogP contribution is -2.27. The third-order valence-electron chi connectivity index (χ3n) is 3.50. The van der Waals surface area contributed by atoms with Gasteiger partial charge in [-0.2, -0.15) is 0 Å². The number of thiocarbonyl (C=S) groups is 1. The van der Waals surface area contributed by atoms with Crippen LogP contribution in [0.4, 0.5) is 10.1 Å². The van der Waals surface area contributed by atoms with Crippen LogP contribution >= 0.6 is 35.6 Å². The maximum absolute atomic E-state index is 13.4. The van der Waals surface area contributed by atoms with Crippen molar-refractivity contribution in [3.05, 3.63) is 63.8 Å². The van der Waals surface area contributed by atoms with E-state index in [0.717, 1.165) is 11.3 Å². The summed E-state index contributed by atoms with van der Waals surface area (Å²) in [4.78, 5) is 14.6. The zero-order valence-electron chi connectivity index (χ0n) is 14.0. The summed E-state index contributed by atoms with van der Waals surface area (Å²) in [5.41, 5.74) is 1.31. The van der Waals surface area contributed by atoms with E-state index in [9.17, 15) is 9.18 Å². The van der Waals surface area contributed by atoms with Gasteiger partial charge in [0.25, 0.3) is 5.91 Å². The van der Waals surface area contributed by atoms with E-state index in [1.165, 1.54) is 34.9 Å². The lowest BCUT2D eigenvalue weighted by molar-refractivity contribution is -0.113. The minimum absolute atomic E-state index is 0.0544. The molecular weight excluding hydrogens is 393 g/mol. The van der Waals surface area contributed by atoms with Gasteiger partial charge < -0.3 is 4.74 Å². The maximum atomic E-state index is 13.4. The van der Waals surface area contributed by atoms with Gasteiger partial charge in [-0.3, -0.25) is 9.69 Å². The van der Waals surface area contributed by atoms with Crippen LogP contribution < -0.4 is 9.64 Å². The summed E-state index contributed by atoms with van der Waals surface area (Å²) < 4.78 is 19.3. The first kappa shape index (κ1) is 18.9. The monoisotopic (exact) mass is 407 g/mol. The molecule has 0 aliphatic carbocycles. The minimum atomic E-state index is -0.542. The molecule has 3 rings (SSSR count). The normalized spacial score (nSPS) is 16.0. The largest absolute Gasteiger partial charge is 0.491 e. The van der Waals surface area contributed by atoms with Crippen LogP contribution in [0.25, 0.3) is 6.08 Å². The molecule has 134 valence electrons. The predicted molar refractivity (Wildman–Crippen MR) is 109 cm³/mol. The molecule has 0 unspecified atom stereocenters. The molecule has 0 radical (unpaired) electrons. The number of amides is 1. The maximum Gasteiger partial charge on any atom is 0.270 e. The lowest BCUT2D eigenvalue weighted by atomic mass is 10.2. The smallest absolute Gasteiger partial charge is 0.270 e. The van der Waals surface area contributed by atoms with Gasteiger partial charge in [0.05, 0.1) is 21.7 Å². The summed E-state index contributed by atoms with van der Waals surface area (Å²) in [7, 11) is 0. The van der Waals surface area contributed by atoms with Crippen molar-refractivity contribution in [3.63, 3.8) is 0 Å². The van der Waals surface area contributed by atoms with Crippen LogP contribution in [-0.2, 0) is 4.79 Å². The molecule has 0 atom stereocenters. The van der Waals surface area contributed by atoms with Crippen molar-refractivity contribution in [2.45, 2.75) is 20.0 Å². The van der Waals surface area contributed by atoms with E-state index in [1.807, 2.05) is 38.1 Å². The van der Waals surface area contributed by atoms with E-state index < -0.39 is 5.82 Å². The average molecular weight is 408 g/mol. The highest BCUT2D eigenvalue weighted by Gasteiger charge is 2.33. The number of rotatable bonds is 4. The van der Waals surface area contributed by atoms with Gasteiger partial charge >= 0.3 is 0 Å². The molecule has 1 amide bonds. The van der Waals surface area contributed by atoms with Gasteiger partial charge in [-0.25, -0.2) is 4.39 Å². The van der Waals surface area contributed by atoms with Crippen LogP contribution in [0.5, 0.6) is 5.75 Å². The summed E-state index contributed by atoms with van der Waals surface area (Å²) in [6, 6.07) is 11.5. The Kier molecular flexibility index (Phi) is 5.65. The van der Waals surface area contributed by atoms with E-state index in [-0.39, 0.29) is 17.0 Å². The molecule has 1 saturated heterocycles. The van der Waals surface area contributed by atoms with Crippen LogP contribution in [0, 0.1) is 5.82 Å². The van der Waals surface area contributed by atoms with Gasteiger partial charge in [0, 0.05) is 0 Å². The Balaban J connectivity index is 1.83. The highest BCUT2D eigenvalue weighted by Crippen LogP contribution is 2.37. The lowest BCUT2D eigenvalue weighted by Gasteiger charge is -2.14. The number of ether oxygens (including phenoxy) is 1. The number of hydrogen-bond acceptors (Lipinski definition) is 4. The van der Waals surface area contributed by atoms with Crippen molar-refractivity contribution in [2.24, 2.45) is 0 Å². The number of anilines is 1. The van der Waals surface area contributed by atoms with Gasteiger partial charge in [-0.05, 0) is 55.8 Å². The molecule has 1 aliphatic rings. The van der Waals surface area contributed by atoms with E-state index in [4.69, 9.17) is 28.6 Å². The van der Waals surface area contributed by atoms with Gasteiger partial charge in [0.2, 0.25) is 0 Å². The fourth-order valence-corrected chi connectivity index (χ4v) is 3.85. The highest BCUT2D eigenvalue weighted by molar-refractivity contribution is 8.27. The van der Waals surface area contributed by atoms with E-state index in [2.05, 4.69) is 0 Å². The van der Waals surface area contributed by atoms with Crippen LogP contribution in [0.2, 0.25) is 5.02 Å². The molecule has 26 heavy (non-hydrogen) atoms. The molecular formula is C19H15ClFNO2S2. The fourth-order valence-electron chi connectivity index (χ4n) is 2.38. The molecule has 3 nitrogen and oxygen atoms in total. The van der Waals surface area contributed by atoms with Crippen molar-refractivity contribution in [2.75, 3.05) is 4.90 Å². The molecule has 0 N–H and O–H groups in total. The molecule has 1 fully saturated rings. The molecule has 1 aliphatic heterocycles. The summed E-state index contributed by atoms with van der Waals surface area (Å²) in [6.45, 7) is 3.92. The Hall–Kier alpha value is -1.89. The molecule has 2 aromatic carbocycles. The first-order valence-electron chi connectivity index (χ1n) is 7.85. The molecule has 0 spiro atoms. The summed E-state index contributed by atoms with van der Waals surface area (Å²) in [6.07, 6.45) is 1.86. The van der Waals surface area contributed by atoms with Crippen molar-refractivity contribution in [1.82, 2.24) is 0 Å². The third-order valence-corrected chi connectivity index (χ3v) is 5.10. The van der Waals surface area contributed by atoms with Gasteiger partial charge in [-0.15, -0.1) is 0 Å². The molecule has 7 heteroatoms. The second kappa shape index (κ2) is 7.78. The zero-order chi connectivity index (χ0) is 18.8. The van der Waals surface area contributed by atoms with E-state index in [1.54, 1.807) is 6.08 Å². The number of benzene rings is 2. The van der Waals surface area contributed by atoms with Crippen LogP contribution in [0.1, 0.15) is 19.4 Å². The molecule has 0 saturated carbocycles.